The molecule has 1 unspecified atom stereocenters. The van der Waals surface area contributed by atoms with Gasteiger partial charge in [-0.1, -0.05) is 36.4 Å². The lowest BCUT2D eigenvalue weighted by atomic mass is 10.1. The highest BCUT2D eigenvalue weighted by Gasteiger charge is 2.10. The highest BCUT2D eigenvalue weighted by atomic mass is 32.3. The van der Waals surface area contributed by atoms with Crippen molar-refractivity contribution in [2.75, 3.05) is 0 Å². The van der Waals surface area contributed by atoms with E-state index in [1.807, 2.05) is 18.2 Å². The van der Waals surface area contributed by atoms with Crippen molar-refractivity contribution >= 4 is 16.5 Å². The van der Waals surface area contributed by atoms with Crippen molar-refractivity contribution in [2.45, 2.75) is 6.04 Å². The fourth-order valence-corrected chi connectivity index (χ4v) is 1.28. The maximum atomic E-state index is 8.74. The van der Waals surface area contributed by atoms with Crippen molar-refractivity contribution in [1.82, 2.24) is 0 Å². The summed E-state index contributed by atoms with van der Waals surface area (Å²) < 4.78 is 31.6. The molecule has 1 aliphatic rings. The number of benzene rings is 1. The first-order chi connectivity index (χ1) is 6.88. The van der Waals surface area contributed by atoms with Crippen molar-refractivity contribution in [3.63, 3.8) is 0 Å². The molecule has 4 N–H and O–H groups in total. The van der Waals surface area contributed by atoms with Gasteiger partial charge in [0.05, 0.1) is 0 Å². The smallest absolute Gasteiger partial charge is 0.321 e. The van der Waals surface area contributed by atoms with Gasteiger partial charge in [-0.3, -0.25) is 9.11 Å². The fourth-order valence-electron chi connectivity index (χ4n) is 1.28. The van der Waals surface area contributed by atoms with Gasteiger partial charge in [-0.2, -0.15) is 8.42 Å². The number of rotatable bonds is 0. The lowest BCUT2D eigenvalue weighted by Crippen LogP contribution is -2.03. The van der Waals surface area contributed by atoms with Gasteiger partial charge in [0.2, 0.25) is 0 Å². The van der Waals surface area contributed by atoms with Gasteiger partial charge in [-0.05, 0) is 11.1 Å². The molecule has 5 nitrogen and oxygen atoms in total. The van der Waals surface area contributed by atoms with E-state index >= 15 is 0 Å². The minimum atomic E-state index is -4.67. The van der Waals surface area contributed by atoms with Gasteiger partial charge in [0.25, 0.3) is 0 Å². The predicted octanol–water partition coefficient (Wildman–Crippen LogP) is 1.06. The normalized spacial score (nSPS) is 17.9. The Labute approximate surface area is 87.8 Å². The molecule has 1 aromatic rings. The summed E-state index contributed by atoms with van der Waals surface area (Å²) in [6.07, 6.45) is 4.09. The zero-order valence-corrected chi connectivity index (χ0v) is 8.55. The van der Waals surface area contributed by atoms with E-state index < -0.39 is 10.4 Å². The second-order valence-electron chi connectivity index (χ2n) is 2.96. The van der Waals surface area contributed by atoms with Crippen LogP contribution >= 0.6 is 0 Å². The number of hydrogen-bond acceptors (Lipinski definition) is 3. The second kappa shape index (κ2) is 4.54. The molecule has 1 atom stereocenters. The summed E-state index contributed by atoms with van der Waals surface area (Å²) in [5.74, 6) is 0. The minimum absolute atomic E-state index is 0.121. The van der Waals surface area contributed by atoms with Crippen LogP contribution in [0.15, 0.2) is 30.3 Å². The van der Waals surface area contributed by atoms with Crippen LogP contribution in [0.5, 0.6) is 0 Å². The molecule has 1 aromatic carbocycles. The molecule has 0 aliphatic heterocycles. The average molecular weight is 229 g/mol. The van der Waals surface area contributed by atoms with E-state index in [1.165, 1.54) is 11.1 Å². The van der Waals surface area contributed by atoms with Crippen LogP contribution in [0.3, 0.4) is 0 Å². The van der Waals surface area contributed by atoms with Gasteiger partial charge < -0.3 is 5.73 Å². The summed E-state index contributed by atoms with van der Waals surface area (Å²) in [5, 5.41) is 0. The molecule has 0 heterocycles. The second-order valence-corrected chi connectivity index (χ2v) is 3.86. The van der Waals surface area contributed by atoms with E-state index in [2.05, 4.69) is 18.2 Å². The van der Waals surface area contributed by atoms with Gasteiger partial charge >= 0.3 is 10.4 Å². The lowest BCUT2D eigenvalue weighted by Gasteiger charge is -2.01. The van der Waals surface area contributed by atoms with E-state index in [1.54, 1.807) is 0 Å². The van der Waals surface area contributed by atoms with Crippen molar-refractivity contribution in [3.8, 4) is 0 Å². The van der Waals surface area contributed by atoms with Crippen LogP contribution in [-0.2, 0) is 10.4 Å². The molecule has 2 rings (SSSR count). The molecule has 0 amide bonds. The Morgan fingerprint density at radius 2 is 1.73 bits per heavy atom. The summed E-state index contributed by atoms with van der Waals surface area (Å²) in [4.78, 5) is 0. The Bertz CT molecular complexity index is 459. The standard InChI is InChI=1S/C9H9N.H2O4S/c10-9-6-5-7-3-1-2-4-8(7)9;1-5(2,3)4/h1-6,9H,10H2;(H2,1,2,3,4). The Hall–Kier alpha value is -1.21. The van der Waals surface area contributed by atoms with Crippen LogP contribution in [0.2, 0.25) is 0 Å². The molecule has 15 heavy (non-hydrogen) atoms. The van der Waals surface area contributed by atoms with Crippen molar-refractivity contribution < 1.29 is 17.5 Å². The largest absolute Gasteiger partial charge is 0.394 e. The molecule has 0 saturated carbocycles. The van der Waals surface area contributed by atoms with Crippen LogP contribution in [0.1, 0.15) is 17.2 Å². The van der Waals surface area contributed by atoms with Gasteiger partial charge in [-0.15, -0.1) is 0 Å². The van der Waals surface area contributed by atoms with Gasteiger partial charge in [-0.25, -0.2) is 0 Å². The molecular weight excluding hydrogens is 218 g/mol. The Balaban J connectivity index is 0.000000195. The predicted molar refractivity (Wildman–Crippen MR) is 56.6 cm³/mol. The SMILES string of the molecule is NC1C=Cc2ccccc21.O=S(=O)(O)O. The first kappa shape index (κ1) is 11.9. The topological polar surface area (TPSA) is 101 Å². The number of nitrogens with two attached hydrogens (primary N) is 1. The minimum Gasteiger partial charge on any atom is -0.321 e. The van der Waals surface area contributed by atoms with Crippen molar-refractivity contribution in [1.29, 1.82) is 0 Å². The van der Waals surface area contributed by atoms with E-state index in [0.717, 1.165) is 0 Å². The van der Waals surface area contributed by atoms with Crippen LogP contribution < -0.4 is 5.73 Å². The van der Waals surface area contributed by atoms with E-state index in [0.29, 0.717) is 0 Å². The Morgan fingerprint density at radius 1 is 1.20 bits per heavy atom. The lowest BCUT2D eigenvalue weighted by molar-refractivity contribution is 0.381. The third-order valence-corrected chi connectivity index (χ3v) is 1.84. The van der Waals surface area contributed by atoms with Crippen molar-refractivity contribution in [2.24, 2.45) is 5.73 Å². The molecule has 0 saturated heterocycles. The first-order valence-corrected chi connectivity index (χ1v) is 5.50. The van der Waals surface area contributed by atoms with Gasteiger partial charge in [0.15, 0.2) is 0 Å². The maximum absolute atomic E-state index is 8.74. The highest BCUT2D eigenvalue weighted by Crippen LogP contribution is 2.24. The summed E-state index contributed by atoms with van der Waals surface area (Å²) >= 11 is 0. The molecule has 6 heteroatoms. The van der Waals surface area contributed by atoms with Crippen LogP contribution in [0.4, 0.5) is 0 Å². The van der Waals surface area contributed by atoms with Crippen LogP contribution in [0, 0.1) is 0 Å². The molecular formula is C9H11NO4S. The maximum Gasteiger partial charge on any atom is 0.394 e. The monoisotopic (exact) mass is 229 g/mol. The number of fused-ring (bicyclic) bond motifs is 1. The summed E-state index contributed by atoms with van der Waals surface area (Å²) in [7, 11) is -4.67. The first-order valence-electron chi connectivity index (χ1n) is 4.10. The zero-order chi connectivity index (χ0) is 11.5. The van der Waals surface area contributed by atoms with Crippen LogP contribution in [-0.4, -0.2) is 17.5 Å². The third-order valence-electron chi connectivity index (χ3n) is 1.84. The van der Waals surface area contributed by atoms with E-state index in [4.69, 9.17) is 23.3 Å². The van der Waals surface area contributed by atoms with Crippen LogP contribution in [0.25, 0.3) is 6.08 Å². The molecule has 0 radical (unpaired) electrons. The van der Waals surface area contributed by atoms with Gasteiger partial charge in [0, 0.05) is 6.04 Å². The third kappa shape index (κ3) is 4.22. The Morgan fingerprint density at radius 3 is 2.27 bits per heavy atom. The molecule has 82 valence electrons. The number of hydrogen-bond donors (Lipinski definition) is 3. The molecule has 1 aliphatic carbocycles. The Kier molecular flexibility index (Phi) is 3.59. The molecule has 0 spiro atoms. The van der Waals surface area contributed by atoms with E-state index in [9.17, 15) is 0 Å². The summed E-state index contributed by atoms with van der Waals surface area (Å²) in [6.45, 7) is 0. The fraction of sp³-hybridized carbons (Fsp3) is 0.111. The summed E-state index contributed by atoms with van der Waals surface area (Å²) in [6, 6.07) is 8.32. The zero-order valence-electron chi connectivity index (χ0n) is 7.74. The quantitative estimate of drug-likeness (QED) is 0.577. The summed E-state index contributed by atoms with van der Waals surface area (Å²) in [5.41, 5.74) is 8.26. The van der Waals surface area contributed by atoms with E-state index in [-0.39, 0.29) is 6.04 Å². The molecule has 0 bridgehead atoms. The van der Waals surface area contributed by atoms with Crippen molar-refractivity contribution in [3.05, 3.63) is 41.5 Å². The van der Waals surface area contributed by atoms with Gasteiger partial charge in [0.1, 0.15) is 0 Å². The molecule has 0 aromatic heterocycles. The average Bonchev–Trinajstić information content (AvgIpc) is 2.46. The molecule has 0 fully saturated rings. The highest BCUT2D eigenvalue weighted by molar-refractivity contribution is 7.79.